The number of H-pyrrole nitrogens is 1. The zero-order valence-electron chi connectivity index (χ0n) is 19.8. The van der Waals surface area contributed by atoms with Gasteiger partial charge in [0, 0.05) is 39.8 Å². The van der Waals surface area contributed by atoms with Crippen LogP contribution in [0.25, 0.3) is 27.8 Å². The Bertz CT molecular complexity index is 1580. The topological polar surface area (TPSA) is 76.5 Å². The molecule has 0 fully saturated rings. The summed E-state index contributed by atoms with van der Waals surface area (Å²) in [6.07, 6.45) is 5.00. The molecule has 7 rings (SSSR count). The fourth-order valence-corrected chi connectivity index (χ4v) is 5.40. The smallest absolute Gasteiger partial charge is 0.231 e. The average molecular weight is 466 g/mol. The molecule has 1 aliphatic carbocycles. The zero-order valence-corrected chi connectivity index (χ0v) is 19.8. The number of rotatable bonds is 4. The number of benzene rings is 2. The molecular weight excluding hydrogens is 438 g/mol. The second-order valence-electron chi connectivity index (χ2n) is 9.80. The monoisotopic (exact) mass is 465 g/mol. The van der Waals surface area contributed by atoms with Gasteiger partial charge in [-0.3, -0.25) is 0 Å². The van der Waals surface area contributed by atoms with E-state index < -0.39 is 0 Å². The van der Waals surface area contributed by atoms with Gasteiger partial charge in [-0.15, -0.1) is 0 Å². The Hall–Kier alpha value is -4.00. The molecule has 176 valence electrons. The molecule has 35 heavy (non-hydrogen) atoms. The van der Waals surface area contributed by atoms with E-state index in [0.29, 0.717) is 12.0 Å². The highest BCUT2D eigenvalue weighted by atomic mass is 16.7. The predicted molar refractivity (Wildman–Crippen MR) is 136 cm³/mol. The summed E-state index contributed by atoms with van der Waals surface area (Å²) in [5, 5.41) is 9.88. The van der Waals surface area contributed by atoms with Crippen LogP contribution in [0.3, 0.4) is 0 Å². The number of fused-ring (bicyclic) bond motifs is 5. The third-order valence-electron chi connectivity index (χ3n) is 7.24. The highest BCUT2D eigenvalue weighted by Crippen LogP contribution is 2.37. The van der Waals surface area contributed by atoms with E-state index in [1.165, 1.54) is 22.2 Å². The van der Waals surface area contributed by atoms with Gasteiger partial charge in [-0.05, 0) is 55.0 Å². The van der Waals surface area contributed by atoms with Gasteiger partial charge in [-0.2, -0.15) is 9.61 Å². The molecule has 7 heteroatoms. The summed E-state index contributed by atoms with van der Waals surface area (Å²) < 4.78 is 13.1. The van der Waals surface area contributed by atoms with E-state index in [2.05, 4.69) is 54.5 Å². The van der Waals surface area contributed by atoms with E-state index >= 15 is 0 Å². The van der Waals surface area contributed by atoms with E-state index in [9.17, 15) is 0 Å². The van der Waals surface area contributed by atoms with Gasteiger partial charge in [0.2, 0.25) is 6.79 Å². The van der Waals surface area contributed by atoms with Gasteiger partial charge in [-0.25, -0.2) is 4.98 Å². The summed E-state index contributed by atoms with van der Waals surface area (Å²) >= 11 is 0. The van der Waals surface area contributed by atoms with Gasteiger partial charge in [-0.1, -0.05) is 32.0 Å². The van der Waals surface area contributed by atoms with Gasteiger partial charge < -0.3 is 19.8 Å². The first-order valence-electron chi connectivity index (χ1n) is 12.3. The predicted octanol–water partition coefficient (Wildman–Crippen LogP) is 5.70. The third kappa shape index (κ3) is 3.33. The van der Waals surface area contributed by atoms with Crippen LogP contribution in [0, 0.1) is 0 Å². The van der Waals surface area contributed by atoms with Crippen molar-refractivity contribution in [2.24, 2.45) is 0 Å². The molecular formula is C28H27N5O2. The number of aromatic amines is 1. The lowest BCUT2D eigenvalue weighted by Crippen LogP contribution is -2.28. The average Bonchev–Trinajstić information content (AvgIpc) is 3.60. The quantitative estimate of drug-likeness (QED) is 0.356. The Kier molecular flexibility index (Phi) is 4.52. The van der Waals surface area contributed by atoms with Crippen LogP contribution in [-0.2, 0) is 12.8 Å². The van der Waals surface area contributed by atoms with Crippen LogP contribution < -0.4 is 14.8 Å². The SMILES string of the molecule is CC(C)c1cnn2c(N[C@@H]3CCc4[nH]c5ccccc5c4C3)cc(-c3ccc4c(c3)OCO4)nc12. The van der Waals surface area contributed by atoms with E-state index in [1.54, 1.807) is 0 Å². The molecule has 4 heterocycles. The summed E-state index contributed by atoms with van der Waals surface area (Å²) in [5.74, 6) is 2.82. The Balaban J connectivity index is 1.29. The summed E-state index contributed by atoms with van der Waals surface area (Å²) in [6, 6.07) is 17.0. The Morgan fingerprint density at radius 1 is 1.09 bits per heavy atom. The molecule has 2 aromatic carbocycles. The van der Waals surface area contributed by atoms with E-state index in [0.717, 1.165) is 59.0 Å². The number of nitrogens with one attached hydrogen (secondary N) is 2. The fraction of sp³-hybridized carbons (Fsp3) is 0.286. The van der Waals surface area contributed by atoms with Gasteiger partial charge in [0.25, 0.3) is 0 Å². The molecule has 0 saturated carbocycles. The third-order valence-corrected chi connectivity index (χ3v) is 7.24. The lowest BCUT2D eigenvalue weighted by molar-refractivity contribution is 0.174. The molecule has 0 radical (unpaired) electrons. The van der Waals surface area contributed by atoms with Crippen molar-refractivity contribution in [2.75, 3.05) is 12.1 Å². The van der Waals surface area contributed by atoms with Gasteiger partial charge in [0.15, 0.2) is 17.1 Å². The van der Waals surface area contributed by atoms with Crippen molar-refractivity contribution in [3.05, 3.63) is 71.5 Å². The highest BCUT2D eigenvalue weighted by Gasteiger charge is 2.24. The Morgan fingerprint density at radius 2 is 1.97 bits per heavy atom. The van der Waals surface area contributed by atoms with Crippen molar-refractivity contribution in [3.8, 4) is 22.8 Å². The first kappa shape index (κ1) is 20.4. The van der Waals surface area contributed by atoms with Crippen molar-refractivity contribution < 1.29 is 9.47 Å². The summed E-state index contributed by atoms with van der Waals surface area (Å²) in [7, 11) is 0. The maximum Gasteiger partial charge on any atom is 0.231 e. The van der Waals surface area contributed by atoms with Crippen LogP contribution in [0.5, 0.6) is 11.5 Å². The fourth-order valence-electron chi connectivity index (χ4n) is 5.40. The number of hydrogen-bond acceptors (Lipinski definition) is 5. The second kappa shape index (κ2) is 7.77. The standard InChI is InChI=1S/C28H27N5O2/c1-16(2)21-14-29-33-27(13-24(32-28(21)33)17-7-10-25-26(11-17)35-15-34-25)30-18-8-9-23-20(12-18)19-5-3-4-6-22(19)31-23/h3-7,10-11,13-14,16,18,30-31H,8-9,12,15H2,1-2H3/t18-/m1/s1. The summed E-state index contributed by atoms with van der Waals surface area (Å²) in [6.45, 7) is 4.62. The van der Waals surface area contributed by atoms with Crippen LogP contribution in [0.15, 0.2) is 54.7 Å². The number of nitrogens with zero attached hydrogens (tertiary/aromatic N) is 3. The van der Waals surface area contributed by atoms with Crippen molar-refractivity contribution in [2.45, 2.75) is 45.1 Å². The maximum absolute atomic E-state index is 5.62. The maximum atomic E-state index is 5.62. The van der Waals surface area contributed by atoms with Gasteiger partial charge in [0.1, 0.15) is 5.82 Å². The molecule has 0 spiro atoms. The van der Waals surface area contributed by atoms with Gasteiger partial charge in [0.05, 0.1) is 11.9 Å². The molecule has 3 aromatic heterocycles. The number of aromatic nitrogens is 4. The number of aryl methyl sites for hydroxylation is 1. The van der Waals surface area contributed by atoms with Crippen LogP contribution in [-0.4, -0.2) is 32.4 Å². The Labute approximate surface area is 203 Å². The molecule has 0 saturated heterocycles. The normalized spacial score (nSPS) is 16.8. The number of ether oxygens (including phenoxy) is 2. The molecule has 0 unspecified atom stereocenters. The van der Waals surface area contributed by atoms with Crippen LogP contribution in [0.4, 0.5) is 5.82 Å². The molecule has 1 aliphatic heterocycles. The molecule has 2 aliphatic rings. The number of para-hydroxylation sites is 1. The molecule has 0 amide bonds. The first-order valence-corrected chi connectivity index (χ1v) is 12.3. The highest BCUT2D eigenvalue weighted by molar-refractivity contribution is 5.85. The number of anilines is 1. The van der Waals surface area contributed by atoms with E-state index in [4.69, 9.17) is 19.6 Å². The van der Waals surface area contributed by atoms with Crippen molar-refractivity contribution >= 4 is 22.4 Å². The minimum Gasteiger partial charge on any atom is -0.454 e. The zero-order chi connectivity index (χ0) is 23.5. The molecule has 1 atom stereocenters. The first-order chi connectivity index (χ1) is 17.1. The Morgan fingerprint density at radius 3 is 2.89 bits per heavy atom. The number of hydrogen-bond donors (Lipinski definition) is 2. The second-order valence-corrected chi connectivity index (χ2v) is 9.80. The lowest BCUT2D eigenvalue weighted by atomic mass is 9.91. The molecule has 7 nitrogen and oxygen atoms in total. The van der Waals surface area contributed by atoms with Crippen molar-refractivity contribution in [3.63, 3.8) is 0 Å². The minimum absolute atomic E-state index is 0.260. The molecule has 5 aromatic rings. The van der Waals surface area contributed by atoms with Crippen molar-refractivity contribution in [1.29, 1.82) is 0 Å². The summed E-state index contributed by atoms with van der Waals surface area (Å²) in [5.41, 5.74) is 7.94. The van der Waals surface area contributed by atoms with E-state index in [-0.39, 0.29) is 6.79 Å². The van der Waals surface area contributed by atoms with Crippen LogP contribution in [0.2, 0.25) is 0 Å². The summed E-state index contributed by atoms with van der Waals surface area (Å²) in [4.78, 5) is 8.65. The minimum atomic E-state index is 0.260. The largest absolute Gasteiger partial charge is 0.454 e. The van der Waals surface area contributed by atoms with Crippen molar-refractivity contribution in [1.82, 2.24) is 19.6 Å². The van der Waals surface area contributed by atoms with Crippen LogP contribution in [0.1, 0.15) is 43.0 Å². The van der Waals surface area contributed by atoms with E-state index in [1.807, 2.05) is 28.9 Å². The molecule has 2 N–H and O–H groups in total. The van der Waals surface area contributed by atoms with Crippen LogP contribution >= 0.6 is 0 Å². The van der Waals surface area contributed by atoms with Gasteiger partial charge >= 0.3 is 0 Å². The lowest BCUT2D eigenvalue weighted by Gasteiger charge is -2.25. The molecule has 0 bridgehead atoms.